The predicted octanol–water partition coefficient (Wildman–Crippen LogP) is 4.22. The van der Waals surface area contributed by atoms with Crippen molar-refractivity contribution in [2.24, 2.45) is 0 Å². The average molecular weight is 394 g/mol. The minimum Gasteiger partial charge on any atom is -0.454 e. The zero-order chi connectivity index (χ0) is 19.3. The highest BCUT2D eigenvalue weighted by atomic mass is 32.1. The van der Waals surface area contributed by atoms with E-state index in [2.05, 4.69) is 4.98 Å². The maximum atomic E-state index is 12.4. The Kier molecular flexibility index (Phi) is 3.63. The molecule has 9 heteroatoms. The number of hydrogen-bond donors (Lipinski definition) is 0. The number of fused-ring (bicyclic) bond motifs is 2. The molecule has 2 aromatic heterocycles. The summed E-state index contributed by atoms with van der Waals surface area (Å²) in [6.45, 7) is 0.186. The molecule has 0 saturated heterocycles. The summed E-state index contributed by atoms with van der Waals surface area (Å²) >= 11 is 1.29. The van der Waals surface area contributed by atoms with E-state index in [-0.39, 0.29) is 23.6 Å². The molecule has 0 fully saturated rings. The first-order chi connectivity index (χ1) is 13.6. The predicted molar refractivity (Wildman–Crippen MR) is 102 cm³/mol. The molecule has 0 aliphatic carbocycles. The first kappa shape index (κ1) is 16.5. The Morgan fingerprint density at radius 1 is 1.11 bits per heavy atom. The minimum atomic E-state index is -0.673. The van der Waals surface area contributed by atoms with Crippen LogP contribution < -0.4 is 15.1 Å². The smallest absolute Gasteiger partial charge is 0.346 e. The summed E-state index contributed by atoms with van der Waals surface area (Å²) in [5, 5.41) is 13.9. The molecule has 5 rings (SSSR count). The van der Waals surface area contributed by atoms with Gasteiger partial charge >= 0.3 is 11.3 Å². The lowest BCUT2D eigenvalue weighted by Gasteiger charge is -2.01. The molecule has 0 radical (unpaired) electrons. The van der Waals surface area contributed by atoms with Crippen molar-refractivity contribution < 1.29 is 18.8 Å². The van der Waals surface area contributed by atoms with Crippen molar-refractivity contribution in [3.8, 4) is 33.3 Å². The molecule has 0 atom stereocenters. The maximum Gasteiger partial charge on any atom is 0.346 e. The van der Waals surface area contributed by atoms with Gasteiger partial charge in [0.25, 0.3) is 0 Å². The molecule has 0 saturated carbocycles. The Bertz CT molecular complexity index is 1310. The maximum absolute atomic E-state index is 12.4. The van der Waals surface area contributed by atoms with Crippen LogP contribution in [0.3, 0.4) is 0 Å². The normalized spacial score (nSPS) is 12.4. The van der Waals surface area contributed by atoms with Gasteiger partial charge < -0.3 is 13.9 Å². The van der Waals surface area contributed by atoms with Gasteiger partial charge in [-0.1, -0.05) is 12.1 Å². The summed E-state index contributed by atoms with van der Waals surface area (Å²) in [7, 11) is 0. The van der Waals surface area contributed by atoms with E-state index < -0.39 is 10.5 Å². The number of non-ortho nitro benzene ring substituents is 1. The van der Waals surface area contributed by atoms with E-state index in [0.717, 1.165) is 5.56 Å². The van der Waals surface area contributed by atoms with Crippen LogP contribution in [0.25, 0.3) is 32.8 Å². The summed E-state index contributed by atoms with van der Waals surface area (Å²) in [4.78, 5) is 27.5. The lowest BCUT2D eigenvalue weighted by Crippen LogP contribution is -2.03. The first-order valence-electron chi connectivity index (χ1n) is 8.17. The van der Waals surface area contributed by atoms with Crippen LogP contribution >= 0.6 is 11.3 Å². The van der Waals surface area contributed by atoms with Crippen LogP contribution in [0.1, 0.15) is 0 Å². The lowest BCUT2D eigenvalue weighted by atomic mass is 10.1. The van der Waals surface area contributed by atoms with Crippen LogP contribution in [0.2, 0.25) is 0 Å². The van der Waals surface area contributed by atoms with Crippen LogP contribution in [0.5, 0.6) is 11.5 Å². The molecule has 1 aliphatic rings. The largest absolute Gasteiger partial charge is 0.454 e. The Morgan fingerprint density at radius 3 is 2.82 bits per heavy atom. The molecule has 0 bridgehead atoms. The van der Waals surface area contributed by atoms with E-state index in [9.17, 15) is 14.9 Å². The number of para-hydroxylation sites is 1. The van der Waals surface area contributed by atoms with Gasteiger partial charge in [-0.3, -0.25) is 10.1 Å². The quantitative estimate of drug-likeness (QED) is 0.291. The number of aromatic nitrogens is 1. The second-order valence-corrected chi connectivity index (χ2v) is 6.86. The molecule has 1 aliphatic heterocycles. The van der Waals surface area contributed by atoms with E-state index in [0.29, 0.717) is 27.6 Å². The van der Waals surface area contributed by atoms with Crippen LogP contribution in [0.15, 0.2) is 57.1 Å². The van der Waals surface area contributed by atoms with Gasteiger partial charge in [-0.15, -0.1) is 11.3 Å². The zero-order valence-electron chi connectivity index (χ0n) is 14.1. The SMILES string of the molecule is O=c1oc2c([N+](=O)[O-])cccc2cc1-c1nc(-c2ccc3c(c2)OCO3)cs1. The molecular weight excluding hydrogens is 384 g/mol. The average Bonchev–Trinajstić information content (AvgIpc) is 3.35. The van der Waals surface area contributed by atoms with Gasteiger partial charge in [0.15, 0.2) is 11.5 Å². The second kappa shape index (κ2) is 6.17. The number of nitrogens with zero attached hydrogens (tertiary/aromatic N) is 2. The Morgan fingerprint density at radius 2 is 1.96 bits per heavy atom. The van der Waals surface area contributed by atoms with Crippen LogP contribution in [0.4, 0.5) is 5.69 Å². The number of nitro groups is 1. The minimum absolute atomic E-state index is 0.0474. The Balaban J connectivity index is 1.59. The number of thiazole rings is 1. The number of benzene rings is 2. The van der Waals surface area contributed by atoms with Crippen molar-refractivity contribution in [2.45, 2.75) is 0 Å². The van der Waals surface area contributed by atoms with Crippen LogP contribution in [-0.4, -0.2) is 16.7 Å². The fourth-order valence-corrected chi connectivity index (χ4v) is 3.84. The number of hydrogen-bond acceptors (Lipinski definition) is 8. The summed E-state index contributed by atoms with van der Waals surface area (Å²) in [6, 6.07) is 11.6. The van der Waals surface area contributed by atoms with E-state index >= 15 is 0 Å². The first-order valence-corrected chi connectivity index (χ1v) is 9.05. The molecule has 0 amide bonds. The van der Waals surface area contributed by atoms with Crippen molar-refractivity contribution in [1.29, 1.82) is 0 Å². The van der Waals surface area contributed by atoms with Gasteiger partial charge in [-0.2, -0.15) is 0 Å². The van der Waals surface area contributed by atoms with Gasteiger partial charge in [0.1, 0.15) is 5.01 Å². The fourth-order valence-electron chi connectivity index (χ4n) is 3.01. The number of rotatable bonds is 3. The molecule has 28 heavy (non-hydrogen) atoms. The standard InChI is InChI=1S/C19H10N2O6S/c22-19-12(6-11-2-1-3-14(21(23)24)17(11)27-19)18-20-13(8-28-18)10-4-5-15-16(7-10)26-9-25-15/h1-8H,9H2. The molecule has 0 spiro atoms. The zero-order valence-corrected chi connectivity index (χ0v) is 14.9. The van der Waals surface area contributed by atoms with E-state index in [1.165, 1.54) is 17.4 Å². The van der Waals surface area contributed by atoms with Gasteiger partial charge in [0.2, 0.25) is 12.4 Å². The molecule has 2 aromatic carbocycles. The Labute approximate surface area is 160 Å². The molecule has 8 nitrogen and oxygen atoms in total. The Hall–Kier alpha value is -3.72. The van der Waals surface area contributed by atoms with Crippen molar-refractivity contribution in [1.82, 2.24) is 4.98 Å². The van der Waals surface area contributed by atoms with Gasteiger partial charge in [0, 0.05) is 22.4 Å². The van der Waals surface area contributed by atoms with E-state index in [1.807, 2.05) is 17.5 Å². The highest BCUT2D eigenvalue weighted by Gasteiger charge is 2.19. The van der Waals surface area contributed by atoms with E-state index in [1.54, 1.807) is 24.3 Å². The van der Waals surface area contributed by atoms with Crippen LogP contribution in [0, 0.1) is 10.1 Å². The van der Waals surface area contributed by atoms with Crippen molar-refractivity contribution in [2.75, 3.05) is 6.79 Å². The summed E-state index contributed by atoms with van der Waals surface area (Å²) in [5.41, 5.74) is 0.790. The van der Waals surface area contributed by atoms with E-state index in [4.69, 9.17) is 13.9 Å². The summed E-state index contributed by atoms with van der Waals surface area (Å²) in [6.07, 6.45) is 0. The molecular formula is C19H10N2O6S. The monoisotopic (exact) mass is 394 g/mol. The summed E-state index contributed by atoms with van der Waals surface area (Å²) in [5.74, 6) is 1.32. The fraction of sp³-hybridized carbons (Fsp3) is 0.0526. The molecule has 4 aromatic rings. The van der Waals surface area contributed by atoms with Gasteiger partial charge in [-0.05, 0) is 24.3 Å². The molecule has 138 valence electrons. The van der Waals surface area contributed by atoms with Gasteiger partial charge in [0.05, 0.1) is 16.2 Å². The lowest BCUT2D eigenvalue weighted by molar-refractivity contribution is -0.383. The van der Waals surface area contributed by atoms with Gasteiger partial charge in [-0.25, -0.2) is 9.78 Å². The van der Waals surface area contributed by atoms with Crippen molar-refractivity contribution >= 4 is 28.0 Å². The van der Waals surface area contributed by atoms with Crippen LogP contribution in [-0.2, 0) is 0 Å². The van der Waals surface area contributed by atoms with Crippen molar-refractivity contribution in [3.63, 3.8) is 0 Å². The third kappa shape index (κ3) is 2.60. The summed E-state index contributed by atoms with van der Waals surface area (Å²) < 4.78 is 15.9. The second-order valence-electron chi connectivity index (χ2n) is 6.01. The number of ether oxygens (including phenoxy) is 2. The third-order valence-electron chi connectivity index (χ3n) is 4.34. The highest BCUT2D eigenvalue weighted by molar-refractivity contribution is 7.13. The third-order valence-corrected chi connectivity index (χ3v) is 5.21. The molecule has 0 N–H and O–H groups in total. The molecule has 3 heterocycles. The van der Waals surface area contributed by atoms with Crippen molar-refractivity contribution in [3.05, 3.63) is 68.4 Å². The number of nitro benzene ring substituents is 1. The topological polar surface area (TPSA) is 105 Å². The molecule has 0 unspecified atom stereocenters. The highest BCUT2D eigenvalue weighted by Crippen LogP contribution is 2.37.